The summed E-state index contributed by atoms with van der Waals surface area (Å²) in [6.07, 6.45) is 0.742. The Labute approximate surface area is 105 Å². The van der Waals surface area contributed by atoms with Crippen LogP contribution >= 0.6 is 0 Å². The molecule has 18 heavy (non-hydrogen) atoms. The van der Waals surface area contributed by atoms with Gasteiger partial charge in [0.25, 0.3) is 0 Å². The molecule has 0 bridgehead atoms. The van der Waals surface area contributed by atoms with Crippen LogP contribution in [0.2, 0.25) is 0 Å². The SMILES string of the molecule is O=C(N[C@@H]1CC[C@@H]1C(=O)O)OCc1ccccc1. The zero-order valence-electron chi connectivity index (χ0n) is 9.83. The molecule has 1 aliphatic carbocycles. The van der Waals surface area contributed by atoms with Crippen molar-refractivity contribution in [2.45, 2.75) is 25.5 Å². The number of alkyl carbamates (subject to hydrolysis) is 1. The molecule has 1 fully saturated rings. The zero-order chi connectivity index (χ0) is 13.0. The van der Waals surface area contributed by atoms with Gasteiger partial charge in [-0.3, -0.25) is 4.79 Å². The fourth-order valence-corrected chi connectivity index (χ4v) is 1.88. The number of hydrogen-bond acceptors (Lipinski definition) is 3. The van der Waals surface area contributed by atoms with Crippen LogP contribution in [0.3, 0.4) is 0 Å². The van der Waals surface area contributed by atoms with Gasteiger partial charge in [-0.05, 0) is 18.4 Å². The highest BCUT2D eigenvalue weighted by Crippen LogP contribution is 2.27. The van der Waals surface area contributed by atoms with Crippen molar-refractivity contribution in [1.29, 1.82) is 0 Å². The number of ether oxygens (including phenoxy) is 1. The van der Waals surface area contributed by atoms with E-state index in [1.807, 2.05) is 30.3 Å². The Morgan fingerprint density at radius 1 is 1.28 bits per heavy atom. The molecular formula is C13H15NO4. The maximum atomic E-state index is 11.5. The Balaban J connectivity index is 1.74. The second kappa shape index (κ2) is 5.53. The summed E-state index contributed by atoms with van der Waals surface area (Å²) in [4.78, 5) is 22.2. The van der Waals surface area contributed by atoms with Crippen molar-refractivity contribution in [3.63, 3.8) is 0 Å². The summed E-state index contributed by atoms with van der Waals surface area (Å²) in [6, 6.07) is 9.03. The average molecular weight is 249 g/mol. The van der Waals surface area contributed by atoms with E-state index in [1.165, 1.54) is 0 Å². The monoisotopic (exact) mass is 249 g/mol. The van der Waals surface area contributed by atoms with Crippen LogP contribution in [0.4, 0.5) is 4.79 Å². The quantitative estimate of drug-likeness (QED) is 0.852. The minimum Gasteiger partial charge on any atom is -0.481 e. The third kappa shape index (κ3) is 3.00. The van der Waals surface area contributed by atoms with E-state index in [-0.39, 0.29) is 12.6 Å². The molecule has 0 aromatic heterocycles. The van der Waals surface area contributed by atoms with Crippen molar-refractivity contribution in [3.05, 3.63) is 35.9 Å². The van der Waals surface area contributed by atoms with Crippen LogP contribution in [0.5, 0.6) is 0 Å². The number of carbonyl (C=O) groups is 2. The van der Waals surface area contributed by atoms with Crippen LogP contribution in [0, 0.1) is 5.92 Å². The summed E-state index contributed by atoms with van der Waals surface area (Å²) in [5, 5.41) is 11.4. The molecule has 1 amide bonds. The van der Waals surface area contributed by atoms with E-state index < -0.39 is 18.0 Å². The second-order valence-corrected chi connectivity index (χ2v) is 4.33. The number of nitrogens with one attached hydrogen (secondary N) is 1. The number of aliphatic carboxylic acids is 1. The van der Waals surface area contributed by atoms with Crippen molar-refractivity contribution in [1.82, 2.24) is 5.32 Å². The van der Waals surface area contributed by atoms with E-state index >= 15 is 0 Å². The maximum absolute atomic E-state index is 11.5. The van der Waals surface area contributed by atoms with Gasteiger partial charge in [-0.15, -0.1) is 0 Å². The predicted molar refractivity (Wildman–Crippen MR) is 63.9 cm³/mol. The summed E-state index contributed by atoms with van der Waals surface area (Å²) in [6.45, 7) is 0.192. The van der Waals surface area contributed by atoms with Crippen LogP contribution in [0.1, 0.15) is 18.4 Å². The van der Waals surface area contributed by atoms with Crippen molar-refractivity contribution in [2.24, 2.45) is 5.92 Å². The predicted octanol–water partition coefficient (Wildman–Crippen LogP) is 1.78. The number of rotatable bonds is 4. The summed E-state index contributed by atoms with van der Waals surface area (Å²) < 4.78 is 5.02. The lowest BCUT2D eigenvalue weighted by molar-refractivity contribution is -0.145. The maximum Gasteiger partial charge on any atom is 0.407 e. The van der Waals surface area contributed by atoms with E-state index in [0.29, 0.717) is 12.8 Å². The Morgan fingerprint density at radius 2 is 2.00 bits per heavy atom. The van der Waals surface area contributed by atoms with Crippen molar-refractivity contribution in [2.75, 3.05) is 0 Å². The molecule has 0 aliphatic heterocycles. The van der Waals surface area contributed by atoms with Crippen LogP contribution in [-0.2, 0) is 16.1 Å². The molecule has 5 nitrogen and oxygen atoms in total. The van der Waals surface area contributed by atoms with Gasteiger partial charge in [0.1, 0.15) is 6.61 Å². The number of carbonyl (C=O) groups excluding carboxylic acids is 1. The highest BCUT2D eigenvalue weighted by molar-refractivity contribution is 5.74. The smallest absolute Gasteiger partial charge is 0.407 e. The Morgan fingerprint density at radius 3 is 2.56 bits per heavy atom. The molecular weight excluding hydrogens is 234 g/mol. The van der Waals surface area contributed by atoms with Gasteiger partial charge in [0.2, 0.25) is 0 Å². The lowest BCUT2D eigenvalue weighted by atomic mass is 9.80. The number of amides is 1. The van der Waals surface area contributed by atoms with Crippen molar-refractivity contribution >= 4 is 12.1 Å². The zero-order valence-corrected chi connectivity index (χ0v) is 9.83. The summed E-state index contributed by atoms with van der Waals surface area (Å²) >= 11 is 0. The molecule has 0 radical (unpaired) electrons. The van der Waals surface area contributed by atoms with Crippen molar-refractivity contribution in [3.8, 4) is 0 Å². The van der Waals surface area contributed by atoms with E-state index in [0.717, 1.165) is 5.56 Å². The van der Waals surface area contributed by atoms with Crippen LogP contribution in [-0.4, -0.2) is 23.2 Å². The van der Waals surface area contributed by atoms with E-state index in [9.17, 15) is 9.59 Å². The molecule has 0 unspecified atom stereocenters. The molecule has 0 saturated heterocycles. The molecule has 0 spiro atoms. The third-order valence-corrected chi connectivity index (χ3v) is 3.11. The van der Waals surface area contributed by atoms with E-state index in [1.54, 1.807) is 0 Å². The topological polar surface area (TPSA) is 75.6 Å². The normalized spacial score (nSPS) is 21.8. The van der Waals surface area contributed by atoms with Gasteiger partial charge in [-0.2, -0.15) is 0 Å². The van der Waals surface area contributed by atoms with Gasteiger partial charge in [0.15, 0.2) is 0 Å². The lowest BCUT2D eigenvalue weighted by Crippen LogP contribution is -2.50. The minimum absolute atomic E-state index is 0.192. The first-order valence-electron chi connectivity index (χ1n) is 5.87. The Hall–Kier alpha value is -2.04. The second-order valence-electron chi connectivity index (χ2n) is 4.33. The van der Waals surface area contributed by atoms with Crippen molar-refractivity contribution < 1.29 is 19.4 Å². The first kappa shape index (κ1) is 12.4. The first-order valence-corrected chi connectivity index (χ1v) is 5.87. The number of benzene rings is 1. The Kier molecular flexibility index (Phi) is 3.82. The van der Waals surface area contributed by atoms with Gasteiger partial charge in [0, 0.05) is 6.04 Å². The molecule has 96 valence electrons. The molecule has 2 atom stereocenters. The summed E-state index contributed by atoms with van der Waals surface area (Å²) in [5.41, 5.74) is 0.899. The van der Waals surface area contributed by atoms with Gasteiger partial charge >= 0.3 is 12.1 Å². The number of carboxylic acid groups (broad SMARTS) is 1. The van der Waals surface area contributed by atoms with E-state index in [4.69, 9.17) is 9.84 Å². The molecule has 1 aromatic carbocycles. The van der Waals surface area contributed by atoms with E-state index in [2.05, 4.69) is 5.32 Å². The van der Waals surface area contributed by atoms with Crippen LogP contribution < -0.4 is 5.32 Å². The van der Waals surface area contributed by atoms with Gasteiger partial charge in [-0.25, -0.2) is 4.79 Å². The largest absolute Gasteiger partial charge is 0.481 e. The fraction of sp³-hybridized carbons (Fsp3) is 0.385. The number of carboxylic acids is 1. The standard InChI is InChI=1S/C13H15NO4/c15-12(16)10-6-7-11(10)14-13(17)18-8-9-4-2-1-3-5-9/h1-5,10-11H,6-8H2,(H,14,17)(H,15,16)/t10-,11+/m0/s1. The third-order valence-electron chi connectivity index (χ3n) is 3.11. The minimum atomic E-state index is -0.866. The molecule has 1 saturated carbocycles. The molecule has 1 aliphatic rings. The summed E-state index contributed by atoms with van der Waals surface area (Å²) in [7, 11) is 0. The highest BCUT2D eigenvalue weighted by Gasteiger charge is 2.37. The average Bonchev–Trinajstić information content (AvgIpc) is 2.32. The van der Waals surface area contributed by atoms with Crippen LogP contribution in [0.15, 0.2) is 30.3 Å². The Bertz CT molecular complexity index is 432. The fourth-order valence-electron chi connectivity index (χ4n) is 1.88. The lowest BCUT2D eigenvalue weighted by Gasteiger charge is -2.33. The van der Waals surface area contributed by atoms with Gasteiger partial charge in [-0.1, -0.05) is 30.3 Å². The first-order chi connectivity index (χ1) is 8.66. The summed E-state index contributed by atoms with van der Waals surface area (Å²) in [5.74, 6) is -1.34. The molecule has 2 N–H and O–H groups in total. The van der Waals surface area contributed by atoms with Gasteiger partial charge in [0.05, 0.1) is 5.92 Å². The number of hydrogen-bond donors (Lipinski definition) is 2. The molecule has 1 aromatic rings. The van der Waals surface area contributed by atoms with Gasteiger partial charge < -0.3 is 15.2 Å². The molecule has 2 rings (SSSR count). The van der Waals surface area contributed by atoms with Crippen LogP contribution in [0.25, 0.3) is 0 Å². The highest BCUT2D eigenvalue weighted by atomic mass is 16.5. The molecule has 5 heteroatoms. The molecule has 0 heterocycles.